The fourth-order valence-electron chi connectivity index (χ4n) is 4.96. The molecule has 0 unspecified atom stereocenters. The molecule has 39 heavy (non-hydrogen) atoms. The summed E-state index contributed by atoms with van der Waals surface area (Å²) in [4.78, 5) is 34.2. The second-order valence-corrected chi connectivity index (χ2v) is 10.8. The number of hydrogen-bond acceptors (Lipinski definition) is 7. The highest BCUT2D eigenvalue weighted by molar-refractivity contribution is 6.13. The van der Waals surface area contributed by atoms with Crippen LogP contribution in [0, 0.1) is 12.7 Å². The van der Waals surface area contributed by atoms with Gasteiger partial charge in [0.15, 0.2) is 11.5 Å². The number of piperazine rings is 1. The summed E-state index contributed by atoms with van der Waals surface area (Å²) in [5.74, 6) is -0.958. The van der Waals surface area contributed by atoms with Crippen molar-refractivity contribution in [1.29, 1.82) is 0 Å². The molecule has 2 amide bonds. The first-order valence-corrected chi connectivity index (χ1v) is 13.0. The highest BCUT2D eigenvalue weighted by Gasteiger charge is 2.33. The normalized spacial score (nSPS) is 16.1. The first-order chi connectivity index (χ1) is 18.5. The molecule has 5 rings (SSSR count). The molecular weight excluding hydrogens is 501 g/mol. The number of anilines is 2. The van der Waals surface area contributed by atoms with E-state index in [0.717, 1.165) is 17.5 Å². The van der Waals surface area contributed by atoms with Gasteiger partial charge in [-0.25, -0.2) is 14.2 Å². The molecule has 1 aliphatic rings. The Kier molecular flexibility index (Phi) is 6.83. The number of aryl methyl sites for hydroxylation is 1. The predicted octanol–water partition coefficient (Wildman–Crippen LogP) is 4.81. The molecule has 1 aromatic carbocycles. The molecule has 0 radical (unpaired) electrons. The van der Waals surface area contributed by atoms with E-state index in [0.29, 0.717) is 42.1 Å². The number of imidazole rings is 1. The van der Waals surface area contributed by atoms with E-state index in [1.54, 1.807) is 40.9 Å². The SMILES string of the molecule is CC[C@H]1CN(c2ccc(C(=O)Nc3cc(F)c4nc(C)cn4c3)c3nnccc23)CCN1C(=O)OC(C)(C)C. The molecule has 4 aromatic rings. The summed E-state index contributed by atoms with van der Waals surface area (Å²) >= 11 is 0. The smallest absolute Gasteiger partial charge is 0.410 e. The van der Waals surface area contributed by atoms with Crippen molar-refractivity contribution in [3.05, 3.63) is 59.9 Å². The highest BCUT2D eigenvalue weighted by atomic mass is 19.1. The summed E-state index contributed by atoms with van der Waals surface area (Å²) in [5.41, 5.74) is 2.27. The Labute approximate surface area is 225 Å². The summed E-state index contributed by atoms with van der Waals surface area (Å²) in [6.07, 6.45) is 5.36. The number of fused-ring (bicyclic) bond motifs is 2. The van der Waals surface area contributed by atoms with E-state index in [1.165, 1.54) is 6.07 Å². The molecule has 4 heterocycles. The van der Waals surface area contributed by atoms with Crippen LogP contribution in [-0.2, 0) is 4.74 Å². The molecule has 3 aromatic heterocycles. The maximum atomic E-state index is 14.5. The third-order valence-electron chi connectivity index (χ3n) is 6.71. The average Bonchev–Trinajstić information content (AvgIpc) is 3.27. The maximum absolute atomic E-state index is 14.5. The number of ether oxygens (including phenoxy) is 1. The molecule has 204 valence electrons. The Hall–Kier alpha value is -4.28. The summed E-state index contributed by atoms with van der Waals surface area (Å²) in [6, 6.07) is 6.64. The number of halogens is 1. The Morgan fingerprint density at radius 1 is 1.18 bits per heavy atom. The fourth-order valence-corrected chi connectivity index (χ4v) is 4.96. The van der Waals surface area contributed by atoms with Gasteiger partial charge in [0.2, 0.25) is 0 Å². The van der Waals surface area contributed by atoms with Gasteiger partial charge in [-0.1, -0.05) is 6.92 Å². The van der Waals surface area contributed by atoms with Gasteiger partial charge in [0.25, 0.3) is 5.91 Å². The van der Waals surface area contributed by atoms with Gasteiger partial charge in [0.1, 0.15) is 11.1 Å². The third kappa shape index (κ3) is 5.34. The molecule has 11 heteroatoms. The zero-order chi connectivity index (χ0) is 27.9. The van der Waals surface area contributed by atoms with Gasteiger partial charge in [-0.3, -0.25) is 4.79 Å². The van der Waals surface area contributed by atoms with Crippen LogP contribution >= 0.6 is 0 Å². The van der Waals surface area contributed by atoms with E-state index >= 15 is 0 Å². The molecular formula is C28H32FN7O3. The lowest BCUT2D eigenvalue weighted by Crippen LogP contribution is -2.56. The summed E-state index contributed by atoms with van der Waals surface area (Å²) in [5, 5.41) is 11.8. The minimum atomic E-state index is -0.562. The van der Waals surface area contributed by atoms with Crippen LogP contribution < -0.4 is 10.2 Å². The van der Waals surface area contributed by atoms with E-state index in [9.17, 15) is 14.0 Å². The van der Waals surface area contributed by atoms with Crippen LogP contribution in [0.5, 0.6) is 0 Å². The van der Waals surface area contributed by atoms with E-state index < -0.39 is 17.3 Å². The second-order valence-electron chi connectivity index (χ2n) is 10.8. The molecule has 10 nitrogen and oxygen atoms in total. The summed E-state index contributed by atoms with van der Waals surface area (Å²) in [6.45, 7) is 11.1. The van der Waals surface area contributed by atoms with E-state index in [4.69, 9.17) is 4.74 Å². The van der Waals surface area contributed by atoms with Crippen molar-refractivity contribution in [2.75, 3.05) is 29.9 Å². The number of carbonyl (C=O) groups excluding carboxylic acids is 2. The van der Waals surface area contributed by atoms with E-state index in [-0.39, 0.29) is 17.8 Å². The Morgan fingerprint density at radius 3 is 2.72 bits per heavy atom. The minimum Gasteiger partial charge on any atom is -0.444 e. The molecule has 1 aliphatic heterocycles. The molecule has 1 atom stereocenters. The zero-order valence-electron chi connectivity index (χ0n) is 22.7. The van der Waals surface area contributed by atoms with Crippen LogP contribution in [0.3, 0.4) is 0 Å². The number of amides is 2. The molecule has 1 saturated heterocycles. The predicted molar refractivity (Wildman–Crippen MR) is 147 cm³/mol. The monoisotopic (exact) mass is 533 g/mol. The molecule has 0 saturated carbocycles. The third-order valence-corrected chi connectivity index (χ3v) is 6.71. The Morgan fingerprint density at radius 2 is 1.97 bits per heavy atom. The van der Waals surface area contributed by atoms with Gasteiger partial charge in [0, 0.05) is 49.2 Å². The second kappa shape index (κ2) is 10.1. The van der Waals surface area contributed by atoms with Gasteiger partial charge in [-0.2, -0.15) is 5.10 Å². The number of pyridine rings is 1. The standard InChI is InChI=1S/C28H32FN7O3/c1-6-19-16-34(11-12-36(19)27(38)39-28(3,4)5)23-8-7-21(24-20(23)9-10-30-33-24)26(37)32-18-13-22(29)25-31-17(2)14-35(25)15-18/h7-10,13-15,19H,6,11-12,16H2,1-5H3,(H,32,37)/t19-/m0/s1. The number of rotatable bonds is 4. The number of nitrogens with one attached hydrogen (secondary N) is 1. The van der Waals surface area contributed by atoms with Gasteiger partial charge in [-0.05, 0) is 52.3 Å². The number of hydrogen-bond donors (Lipinski definition) is 1. The van der Waals surface area contributed by atoms with Gasteiger partial charge >= 0.3 is 6.09 Å². The first-order valence-electron chi connectivity index (χ1n) is 13.0. The van der Waals surface area contributed by atoms with Crippen LogP contribution in [0.1, 0.15) is 50.2 Å². The quantitative estimate of drug-likeness (QED) is 0.401. The van der Waals surface area contributed by atoms with E-state index in [1.807, 2.05) is 39.8 Å². The van der Waals surface area contributed by atoms with Gasteiger partial charge in [0.05, 0.1) is 29.2 Å². The lowest BCUT2D eigenvalue weighted by atomic mass is 10.0. The lowest BCUT2D eigenvalue weighted by Gasteiger charge is -2.42. The largest absolute Gasteiger partial charge is 0.444 e. The maximum Gasteiger partial charge on any atom is 0.410 e. The van der Waals surface area contributed by atoms with Crippen LogP contribution in [-0.4, -0.2) is 67.8 Å². The zero-order valence-corrected chi connectivity index (χ0v) is 22.7. The number of benzene rings is 1. The molecule has 0 bridgehead atoms. The summed E-state index contributed by atoms with van der Waals surface area (Å²) < 4.78 is 21.7. The van der Waals surface area contributed by atoms with Crippen LogP contribution in [0.25, 0.3) is 16.6 Å². The topological polar surface area (TPSA) is 105 Å². The molecule has 0 aliphatic carbocycles. The van der Waals surface area contributed by atoms with Crippen LogP contribution in [0.15, 0.2) is 42.9 Å². The summed E-state index contributed by atoms with van der Waals surface area (Å²) in [7, 11) is 0. The van der Waals surface area contributed by atoms with Crippen molar-refractivity contribution in [2.24, 2.45) is 0 Å². The van der Waals surface area contributed by atoms with Gasteiger partial charge < -0.3 is 24.3 Å². The molecule has 0 spiro atoms. The van der Waals surface area contributed by atoms with Crippen LogP contribution in [0.4, 0.5) is 20.6 Å². The van der Waals surface area contributed by atoms with Crippen molar-refractivity contribution >= 4 is 39.9 Å². The molecule has 1 N–H and O–H groups in total. The number of carbonyl (C=O) groups is 2. The number of aromatic nitrogens is 4. The number of nitrogens with zero attached hydrogens (tertiary/aromatic N) is 6. The highest BCUT2D eigenvalue weighted by Crippen LogP contribution is 2.31. The molecule has 1 fully saturated rings. The van der Waals surface area contributed by atoms with Gasteiger partial charge in [-0.15, -0.1) is 5.10 Å². The Bertz CT molecular complexity index is 1560. The first kappa shape index (κ1) is 26.3. The van der Waals surface area contributed by atoms with Crippen LogP contribution in [0.2, 0.25) is 0 Å². The Balaban J connectivity index is 1.40. The minimum absolute atomic E-state index is 0.0296. The van der Waals surface area contributed by atoms with Crippen molar-refractivity contribution in [3.8, 4) is 0 Å². The average molecular weight is 534 g/mol. The lowest BCUT2D eigenvalue weighted by molar-refractivity contribution is 0.0137. The fraction of sp³-hybridized carbons (Fsp3) is 0.393. The van der Waals surface area contributed by atoms with Crippen molar-refractivity contribution in [3.63, 3.8) is 0 Å². The van der Waals surface area contributed by atoms with E-state index in [2.05, 4.69) is 25.4 Å². The van der Waals surface area contributed by atoms with Crippen molar-refractivity contribution in [1.82, 2.24) is 24.5 Å². The van der Waals surface area contributed by atoms with Crippen molar-refractivity contribution in [2.45, 2.75) is 52.7 Å². The van der Waals surface area contributed by atoms with Crippen molar-refractivity contribution < 1.29 is 18.7 Å².